The molecule has 6 heteroatoms. The van der Waals surface area contributed by atoms with E-state index in [0.29, 0.717) is 23.5 Å². The van der Waals surface area contributed by atoms with E-state index in [4.69, 9.17) is 10.5 Å². The summed E-state index contributed by atoms with van der Waals surface area (Å²) in [4.78, 5) is 16.9. The van der Waals surface area contributed by atoms with Gasteiger partial charge in [0.15, 0.2) is 0 Å². The van der Waals surface area contributed by atoms with Crippen LogP contribution in [0.3, 0.4) is 0 Å². The van der Waals surface area contributed by atoms with Gasteiger partial charge >= 0.3 is 5.97 Å². The second-order valence-corrected chi connectivity index (χ2v) is 5.28. The number of nitrogens with two attached hydrogens (primary N) is 1. The fraction of sp³-hybridized carbons (Fsp3) is 0.231. The number of hydrogen-bond donors (Lipinski definition) is 2. The van der Waals surface area contributed by atoms with Crippen LogP contribution in [0, 0.1) is 6.92 Å². The molecule has 19 heavy (non-hydrogen) atoms. The van der Waals surface area contributed by atoms with Crippen molar-refractivity contribution in [3.8, 4) is 0 Å². The van der Waals surface area contributed by atoms with Crippen molar-refractivity contribution in [2.24, 2.45) is 0 Å². The van der Waals surface area contributed by atoms with Crippen LogP contribution in [-0.2, 0) is 11.3 Å². The molecule has 2 aromatic rings. The maximum absolute atomic E-state index is 11.7. The quantitative estimate of drug-likeness (QED) is 0.663. The molecule has 0 spiro atoms. The van der Waals surface area contributed by atoms with Gasteiger partial charge in [0.25, 0.3) is 0 Å². The molecule has 0 radical (unpaired) electrons. The number of aromatic nitrogens is 1. The molecule has 2 rings (SSSR count). The maximum Gasteiger partial charge on any atom is 0.340 e. The number of anilines is 2. The topological polar surface area (TPSA) is 77.2 Å². The molecule has 5 nitrogen and oxygen atoms in total. The summed E-state index contributed by atoms with van der Waals surface area (Å²) in [5.74, 6) is -0.407. The Kier molecular flexibility index (Phi) is 4.01. The first-order chi connectivity index (χ1) is 9.11. The molecule has 1 aromatic carbocycles. The number of methoxy groups -OCH3 is 1. The van der Waals surface area contributed by atoms with Crippen LogP contribution in [0.15, 0.2) is 24.4 Å². The van der Waals surface area contributed by atoms with Crippen molar-refractivity contribution >= 4 is 28.7 Å². The van der Waals surface area contributed by atoms with Gasteiger partial charge < -0.3 is 15.8 Å². The maximum atomic E-state index is 11.7. The van der Waals surface area contributed by atoms with Gasteiger partial charge in [-0.1, -0.05) is 6.07 Å². The number of thiazole rings is 1. The van der Waals surface area contributed by atoms with E-state index in [9.17, 15) is 4.79 Å². The summed E-state index contributed by atoms with van der Waals surface area (Å²) in [5, 5.41) is 4.18. The lowest BCUT2D eigenvalue weighted by atomic mass is 10.1. The van der Waals surface area contributed by atoms with Crippen LogP contribution in [0.5, 0.6) is 0 Å². The minimum Gasteiger partial charge on any atom is -0.465 e. The van der Waals surface area contributed by atoms with Crippen LogP contribution < -0.4 is 11.1 Å². The van der Waals surface area contributed by atoms with Gasteiger partial charge in [0, 0.05) is 11.1 Å². The lowest BCUT2D eigenvalue weighted by Crippen LogP contribution is -2.10. The molecular weight excluding hydrogens is 262 g/mol. The van der Waals surface area contributed by atoms with Gasteiger partial charge in [0.1, 0.15) is 0 Å². The number of carbonyl (C=O) groups excluding carboxylic acids is 1. The zero-order valence-electron chi connectivity index (χ0n) is 10.8. The van der Waals surface area contributed by atoms with E-state index in [-0.39, 0.29) is 0 Å². The Hall–Kier alpha value is -2.08. The van der Waals surface area contributed by atoms with Crippen molar-refractivity contribution in [3.05, 3.63) is 39.8 Å². The predicted molar refractivity (Wildman–Crippen MR) is 76.4 cm³/mol. The molecule has 0 unspecified atom stereocenters. The number of aryl methyl sites for hydroxylation is 1. The van der Waals surface area contributed by atoms with E-state index < -0.39 is 5.97 Å². The molecule has 0 aliphatic heterocycles. The number of hydrogen-bond acceptors (Lipinski definition) is 6. The number of rotatable bonds is 4. The van der Waals surface area contributed by atoms with Crippen LogP contribution in [0.4, 0.5) is 11.4 Å². The van der Waals surface area contributed by atoms with Crippen molar-refractivity contribution in [2.75, 3.05) is 18.2 Å². The molecule has 0 saturated heterocycles. The monoisotopic (exact) mass is 277 g/mol. The zero-order valence-corrected chi connectivity index (χ0v) is 11.6. The van der Waals surface area contributed by atoms with E-state index in [1.165, 1.54) is 7.11 Å². The lowest BCUT2D eigenvalue weighted by Gasteiger charge is -2.12. The van der Waals surface area contributed by atoms with E-state index in [2.05, 4.69) is 10.3 Å². The molecule has 0 aliphatic rings. The van der Waals surface area contributed by atoms with Gasteiger partial charge in [-0.2, -0.15) is 0 Å². The van der Waals surface area contributed by atoms with Crippen molar-refractivity contribution in [2.45, 2.75) is 13.5 Å². The third-order valence-corrected chi connectivity index (χ3v) is 3.52. The fourth-order valence-electron chi connectivity index (χ4n) is 1.71. The number of nitrogens with zero attached hydrogens (tertiary/aromatic N) is 1. The Morgan fingerprint density at radius 2 is 2.32 bits per heavy atom. The highest BCUT2D eigenvalue weighted by molar-refractivity contribution is 7.11. The number of nitrogen functional groups attached to an aromatic ring is 1. The summed E-state index contributed by atoms with van der Waals surface area (Å²) in [7, 11) is 1.35. The van der Waals surface area contributed by atoms with E-state index in [0.717, 1.165) is 9.88 Å². The van der Waals surface area contributed by atoms with Gasteiger partial charge in [0.2, 0.25) is 0 Å². The average molecular weight is 277 g/mol. The average Bonchev–Trinajstić information content (AvgIpc) is 2.82. The van der Waals surface area contributed by atoms with E-state index in [1.54, 1.807) is 29.5 Å². The SMILES string of the molecule is COC(=O)c1cccc(N)c1NCc1cnc(C)s1. The first-order valence-electron chi connectivity index (χ1n) is 5.74. The third-order valence-electron chi connectivity index (χ3n) is 2.61. The highest BCUT2D eigenvalue weighted by Crippen LogP contribution is 2.25. The second-order valence-electron chi connectivity index (χ2n) is 3.96. The van der Waals surface area contributed by atoms with Crippen LogP contribution in [-0.4, -0.2) is 18.1 Å². The number of ether oxygens (including phenoxy) is 1. The molecule has 0 aliphatic carbocycles. The van der Waals surface area contributed by atoms with Crippen molar-refractivity contribution < 1.29 is 9.53 Å². The Morgan fingerprint density at radius 3 is 2.95 bits per heavy atom. The Morgan fingerprint density at radius 1 is 1.53 bits per heavy atom. The second kappa shape index (κ2) is 5.71. The summed E-state index contributed by atoms with van der Waals surface area (Å²) in [5.41, 5.74) is 7.45. The molecule has 1 heterocycles. The molecule has 0 fully saturated rings. The van der Waals surface area contributed by atoms with Crippen molar-refractivity contribution in [3.63, 3.8) is 0 Å². The lowest BCUT2D eigenvalue weighted by molar-refractivity contribution is 0.0602. The van der Waals surface area contributed by atoms with E-state index in [1.807, 2.05) is 13.1 Å². The Balaban J connectivity index is 2.21. The summed E-state index contributed by atoms with van der Waals surface area (Å²) < 4.78 is 4.74. The molecule has 0 atom stereocenters. The molecule has 0 bridgehead atoms. The van der Waals surface area contributed by atoms with Crippen LogP contribution in [0.2, 0.25) is 0 Å². The molecular formula is C13H15N3O2S. The van der Waals surface area contributed by atoms with Gasteiger partial charge in [-0.25, -0.2) is 9.78 Å². The first-order valence-corrected chi connectivity index (χ1v) is 6.55. The number of carbonyl (C=O) groups is 1. The van der Waals surface area contributed by atoms with Gasteiger partial charge in [0.05, 0.1) is 35.6 Å². The van der Waals surface area contributed by atoms with E-state index >= 15 is 0 Å². The highest BCUT2D eigenvalue weighted by Gasteiger charge is 2.14. The van der Waals surface area contributed by atoms with Crippen LogP contribution in [0.1, 0.15) is 20.2 Å². The summed E-state index contributed by atoms with van der Waals surface area (Å²) in [6.07, 6.45) is 1.81. The standard InChI is InChI=1S/C13H15N3O2S/c1-8-15-6-9(19-8)7-16-12-10(13(17)18-2)4-3-5-11(12)14/h3-6,16H,7,14H2,1-2H3. The molecule has 0 saturated carbocycles. The zero-order chi connectivity index (χ0) is 13.8. The number of esters is 1. The minimum atomic E-state index is -0.407. The van der Waals surface area contributed by atoms with Crippen molar-refractivity contribution in [1.29, 1.82) is 0 Å². The Bertz CT molecular complexity index is 595. The number of nitrogens with one attached hydrogen (secondary N) is 1. The van der Waals surface area contributed by atoms with Crippen LogP contribution in [0.25, 0.3) is 0 Å². The minimum absolute atomic E-state index is 0.407. The van der Waals surface area contributed by atoms with Crippen molar-refractivity contribution in [1.82, 2.24) is 4.98 Å². The summed E-state index contributed by atoms with van der Waals surface area (Å²) in [6, 6.07) is 5.15. The molecule has 1 aromatic heterocycles. The van der Waals surface area contributed by atoms with Gasteiger partial charge in [-0.3, -0.25) is 0 Å². The summed E-state index contributed by atoms with van der Waals surface area (Å²) >= 11 is 1.60. The van der Waals surface area contributed by atoms with Gasteiger partial charge in [-0.05, 0) is 19.1 Å². The normalized spacial score (nSPS) is 10.2. The fourth-order valence-corrected chi connectivity index (χ4v) is 2.44. The predicted octanol–water partition coefficient (Wildman–Crippen LogP) is 2.43. The smallest absolute Gasteiger partial charge is 0.340 e. The highest BCUT2D eigenvalue weighted by atomic mass is 32.1. The molecule has 0 amide bonds. The van der Waals surface area contributed by atoms with Gasteiger partial charge in [-0.15, -0.1) is 11.3 Å². The number of para-hydroxylation sites is 1. The Labute approximate surface area is 115 Å². The third kappa shape index (κ3) is 3.03. The summed E-state index contributed by atoms with van der Waals surface area (Å²) in [6.45, 7) is 2.52. The van der Waals surface area contributed by atoms with Crippen LogP contribution >= 0.6 is 11.3 Å². The molecule has 3 N–H and O–H groups in total. The molecule has 100 valence electrons. The largest absolute Gasteiger partial charge is 0.465 e. The first kappa shape index (κ1) is 13.4. The number of benzene rings is 1.